The smallest absolute Gasteiger partial charge is 0.0850 e. The Bertz CT molecular complexity index is 1300. The average molecular weight is 386 g/mol. The lowest BCUT2D eigenvalue weighted by molar-refractivity contribution is 0.683. The first-order valence-corrected chi connectivity index (χ1v) is 10.4. The summed E-state index contributed by atoms with van der Waals surface area (Å²) in [4.78, 5) is 1.63. The van der Waals surface area contributed by atoms with Crippen LogP contribution in [0.25, 0.3) is 27.7 Å². The molecule has 6 rings (SSSR count). The zero-order valence-corrected chi connectivity index (χ0v) is 16.1. The second kappa shape index (κ2) is 5.69. The minimum atomic E-state index is -1.24. The molecule has 0 radical (unpaired) electrons. The Morgan fingerprint density at radius 2 is 2.04 bits per heavy atom. The molecule has 0 fully saturated rings. The van der Waals surface area contributed by atoms with Crippen molar-refractivity contribution in [1.82, 2.24) is 20.1 Å². The van der Waals surface area contributed by atoms with Crippen LogP contribution in [0.4, 0.5) is 0 Å². The molecular weight excluding hydrogens is 368 g/mol. The van der Waals surface area contributed by atoms with Gasteiger partial charge in [-0.3, -0.25) is 5.10 Å². The van der Waals surface area contributed by atoms with E-state index in [1.807, 2.05) is 36.4 Å². The maximum Gasteiger partial charge on any atom is 0.0850 e. The van der Waals surface area contributed by atoms with Crippen molar-refractivity contribution in [2.45, 2.75) is 22.3 Å². The van der Waals surface area contributed by atoms with E-state index in [0.717, 1.165) is 27.5 Å². The topological polar surface area (TPSA) is 62.7 Å². The summed E-state index contributed by atoms with van der Waals surface area (Å²) >= 11 is 0. The van der Waals surface area contributed by atoms with Crippen molar-refractivity contribution in [3.63, 3.8) is 0 Å². The summed E-state index contributed by atoms with van der Waals surface area (Å²) in [5, 5.41) is 11.6. The molecule has 1 aliphatic carbocycles. The second-order valence-corrected chi connectivity index (χ2v) is 8.84. The lowest BCUT2D eigenvalue weighted by Crippen LogP contribution is -2.10. The van der Waals surface area contributed by atoms with E-state index in [-0.39, 0.29) is 0 Å². The highest BCUT2D eigenvalue weighted by Crippen LogP contribution is 2.48. The average Bonchev–Trinajstić information content (AvgIpc) is 3.52. The number of benzene rings is 2. The Hall–Kier alpha value is -3.12. The fraction of sp³-hybridized carbons (Fsp3) is 0.136. The van der Waals surface area contributed by atoms with Gasteiger partial charge < -0.3 is 9.88 Å². The first-order valence-electron chi connectivity index (χ1n) is 9.30. The monoisotopic (exact) mass is 386 g/mol. The van der Waals surface area contributed by atoms with Crippen molar-refractivity contribution < 1.29 is 4.21 Å². The fourth-order valence-corrected chi connectivity index (χ4v) is 5.65. The maximum atomic E-state index is 13.3. The number of fused-ring (bicyclic) bond motifs is 7. The number of nitrogens with zero attached hydrogens (tertiary/aromatic N) is 2. The van der Waals surface area contributed by atoms with Gasteiger partial charge in [0, 0.05) is 57.7 Å². The summed E-state index contributed by atoms with van der Waals surface area (Å²) in [6.07, 6.45) is 4.90. The van der Waals surface area contributed by atoms with Crippen molar-refractivity contribution in [2.75, 3.05) is 0 Å². The Morgan fingerprint density at radius 3 is 2.89 bits per heavy atom. The standard InChI is InChI=1S/C22H18N4OS/c1-26-20-6-5-16(11-17(20)21-19-10-14(12-23-19)22(21)26)28(27)15-4-2-3-13(9-15)18-7-8-24-25-18/h2-9,11-12,19,23H,10H2,1H3,(H,24,25). The minimum Gasteiger partial charge on any atom is -0.383 e. The van der Waals surface area contributed by atoms with Gasteiger partial charge in [-0.05, 0) is 42.0 Å². The zero-order chi connectivity index (χ0) is 18.8. The van der Waals surface area contributed by atoms with Gasteiger partial charge in [0.15, 0.2) is 0 Å². The van der Waals surface area contributed by atoms with Crippen LogP contribution in [-0.4, -0.2) is 19.0 Å². The number of nitrogens with one attached hydrogen (secondary N) is 2. The van der Waals surface area contributed by atoms with Crippen LogP contribution in [0.5, 0.6) is 0 Å². The predicted molar refractivity (Wildman–Crippen MR) is 110 cm³/mol. The van der Waals surface area contributed by atoms with E-state index in [2.05, 4.69) is 45.5 Å². The van der Waals surface area contributed by atoms with Gasteiger partial charge in [0.2, 0.25) is 0 Å². The molecule has 1 aliphatic heterocycles. The Labute approximate surface area is 164 Å². The molecule has 0 saturated carbocycles. The first-order chi connectivity index (χ1) is 13.7. The molecule has 2 unspecified atom stereocenters. The van der Waals surface area contributed by atoms with Crippen LogP contribution >= 0.6 is 0 Å². The Morgan fingerprint density at radius 1 is 1.14 bits per heavy atom. The van der Waals surface area contributed by atoms with Crippen LogP contribution < -0.4 is 5.32 Å². The van der Waals surface area contributed by atoms with E-state index < -0.39 is 10.8 Å². The number of rotatable bonds is 3. The molecule has 2 aromatic heterocycles. The number of aromatic nitrogens is 3. The quantitative estimate of drug-likeness (QED) is 0.557. The molecule has 6 heteroatoms. The predicted octanol–water partition coefficient (Wildman–Crippen LogP) is 4.12. The summed E-state index contributed by atoms with van der Waals surface area (Å²) in [7, 11) is 0.876. The maximum absolute atomic E-state index is 13.3. The van der Waals surface area contributed by atoms with E-state index in [9.17, 15) is 4.21 Å². The zero-order valence-electron chi connectivity index (χ0n) is 15.3. The van der Waals surface area contributed by atoms with Crippen LogP contribution in [0.2, 0.25) is 0 Å². The molecule has 0 saturated heterocycles. The lowest BCUT2D eigenvalue weighted by Gasteiger charge is -2.10. The lowest BCUT2D eigenvalue weighted by atomic mass is 10.1. The van der Waals surface area contributed by atoms with Gasteiger partial charge >= 0.3 is 0 Å². The third-order valence-corrected chi connectivity index (χ3v) is 7.18. The largest absolute Gasteiger partial charge is 0.383 e. The van der Waals surface area contributed by atoms with Crippen molar-refractivity contribution in [1.29, 1.82) is 0 Å². The van der Waals surface area contributed by atoms with Gasteiger partial charge in [0.1, 0.15) is 0 Å². The molecule has 2 aliphatic rings. The van der Waals surface area contributed by atoms with Gasteiger partial charge in [-0.25, -0.2) is 4.21 Å². The van der Waals surface area contributed by atoms with E-state index >= 15 is 0 Å². The third-order valence-electron chi connectivity index (χ3n) is 5.82. The highest BCUT2D eigenvalue weighted by Gasteiger charge is 2.35. The molecule has 5 nitrogen and oxygen atoms in total. The van der Waals surface area contributed by atoms with Gasteiger partial charge in [-0.2, -0.15) is 5.10 Å². The van der Waals surface area contributed by atoms with Gasteiger partial charge in [-0.15, -0.1) is 0 Å². The highest BCUT2D eigenvalue weighted by atomic mass is 32.2. The molecular formula is C22H18N4OS. The molecule has 2 aromatic carbocycles. The summed E-state index contributed by atoms with van der Waals surface area (Å²) in [6, 6.07) is 16.3. The molecule has 3 heterocycles. The van der Waals surface area contributed by atoms with Gasteiger partial charge in [0.05, 0.1) is 28.2 Å². The SMILES string of the molecule is Cn1c2c(c3cc(S(=O)c4cccc(-c5ccn[nH]5)c4)ccc31)C1CC2=CN1. The molecule has 2 atom stereocenters. The van der Waals surface area contributed by atoms with Gasteiger partial charge in [0.25, 0.3) is 0 Å². The second-order valence-electron chi connectivity index (χ2n) is 7.36. The Kier molecular flexibility index (Phi) is 3.23. The van der Waals surface area contributed by atoms with E-state index in [4.69, 9.17) is 0 Å². The summed E-state index contributed by atoms with van der Waals surface area (Å²) in [5.41, 5.74) is 7.14. The molecule has 2 bridgehead atoms. The van der Waals surface area contributed by atoms with Crippen LogP contribution in [0, 0.1) is 0 Å². The van der Waals surface area contributed by atoms with Crippen molar-refractivity contribution in [3.05, 3.63) is 72.2 Å². The number of H-pyrrole nitrogens is 1. The normalized spacial score (nSPS) is 18.2. The van der Waals surface area contributed by atoms with Crippen molar-refractivity contribution >= 4 is 27.3 Å². The molecule has 28 heavy (non-hydrogen) atoms. The summed E-state index contributed by atoms with van der Waals surface area (Å²) in [6.45, 7) is 0. The first kappa shape index (κ1) is 15.9. The molecule has 2 N–H and O–H groups in total. The number of aryl methyl sites for hydroxylation is 1. The molecule has 4 aromatic rings. The minimum absolute atomic E-state index is 0.348. The van der Waals surface area contributed by atoms with Crippen molar-refractivity contribution in [2.24, 2.45) is 7.05 Å². The number of hydrogen-bond acceptors (Lipinski definition) is 3. The van der Waals surface area contributed by atoms with Crippen LogP contribution in [0.3, 0.4) is 0 Å². The van der Waals surface area contributed by atoms with Crippen LogP contribution in [-0.2, 0) is 17.8 Å². The third kappa shape index (κ3) is 2.12. The van der Waals surface area contributed by atoms with Crippen LogP contribution in [0.15, 0.2) is 70.7 Å². The fourth-order valence-electron chi connectivity index (χ4n) is 4.53. The van der Waals surface area contributed by atoms with Crippen molar-refractivity contribution in [3.8, 4) is 11.3 Å². The Balaban J connectivity index is 1.46. The van der Waals surface area contributed by atoms with Gasteiger partial charge in [-0.1, -0.05) is 12.1 Å². The van der Waals surface area contributed by atoms with E-state index in [1.54, 1.807) is 6.20 Å². The molecule has 0 spiro atoms. The molecule has 138 valence electrons. The summed E-state index contributed by atoms with van der Waals surface area (Å²) in [5.74, 6) is 0. The highest BCUT2D eigenvalue weighted by molar-refractivity contribution is 7.85. The van der Waals surface area contributed by atoms with E-state index in [0.29, 0.717) is 6.04 Å². The summed E-state index contributed by atoms with van der Waals surface area (Å²) < 4.78 is 15.6. The number of aromatic amines is 1. The molecule has 0 amide bonds. The number of hydrogen-bond donors (Lipinski definition) is 2. The van der Waals surface area contributed by atoms with Crippen LogP contribution in [0.1, 0.15) is 23.7 Å². The van der Waals surface area contributed by atoms with E-state index in [1.165, 1.54) is 27.7 Å².